The lowest BCUT2D eigenvalue weighted by atomic mass is 10.2. The molecular formula is C7H15O6S2. The molecule has 0 heterocycles. The Labute approximate surface area is 90.2 Å². The summed E-state index contributed by atoms with van der Waals surface area (Å²) in [6.45, 7) is 1.84. The highest BCUT2D eigenvalue weighted by atomic mass is 32.2. The van der Waals surface area contributed by atoms with Crippen LogP contribution >= 0.6 is 0 Å². The van der Waals surface area contributed by atoms with Crippen LogP contribution < -0.4 is 0 Å². The molecule has 0 fully saturated rings. The van der Waals surface area contributed by atoms with Crippen LogP contribution in [0.15, 0.2) is 0 Å². The molecule has 15 heavy (non-hydrogen) atoms. The predicted octanol–water partition coefficient (Wildman–Crippen LogP) is 0.874. The van der Waals surface area contributed by atoms with Crippen molar-refractivity contribution in [1.82, 2.24) is 0 Å². The van der Waals surface area contributed by atoms with Gasteiger partial charge in [-0.2, -0.15) is 16.8 Å². The minimum Gasteiger partial charge on any atom is -0.286 e. The molecule has 8 heteroatoms. The van der Waals surface area contributed by atoms with Crippen LogP contribution in [-0.2, 0) is 20.2 Å². The van der Waals surface area contributed by atoms with Crippen LogP contribution in [0.2, 0.25) is 0 Å². The van der Waals surface area contributed by atoms with Crippen LogP contribution in [0.3, 0.4) is 0 Å². The fourth-order valence-corrected chi connectivity index (χ4v) is 2.40. The van der Waals surface area contributed by atoms with Gasteiger partial charge in [0.05, 0.1) is 5.75 Å². The molecule has 0 saturated carbocycles. The zero-order valence-electron chi connectivity index (χ0n) is 8.38. The van der Waals surface area contributed by atoms with Crippen LogP contribution in [0.5, 0.6) is 0 Å². The molecule has 0 aliphatic heterocycles. The minimum atomic E-state index is -4.32. The summed E-state index contributed by atoms with van der Waals surface area (Å²) in [7, 11) is -8.52. The van der Waals surface area contributed by atoms with Crippen LogP contribution in [0.4, 0.5) is 0 Å². The first kappa shape index (κ1) is 14.8. The zero-order valence-corrected chi connectivity index (χ0v) is 10.0. The zero-order chi connectivity index (χ0) is 12.1. The lowest BCUT2D eigenvalue weighted by Gasteiger charge is -2.10. The van der Waals surface area contributed by atoms with Gasteiger partial charge in [0, 0.05) is 0 Å². The van der Waals surface area contributed by atoms with Crippen molar-refractivity contribution in [3.05, 3.63) is 5.25 Å². The van der Waals surface area contributed by atoms with E-state index < -0.39 is 26.0 Å². The van der Waals surface area contributed by atoms with Gasteiger partial charge in [0.2, 0.25) is 0 Å². The van der Waals surface area contributed by atoms with Crippen LogP contribution in [0, 0.1) is 5.25 Å². The van der Waals surface area contributed by atoms with Crippen molar-refractivity contribution in [2.45, 2.75) is 32.6 Å². The maximum Gasteiger partial charge on any atom is 0.272 e. The fraction of sp³-hybridized carbons (Fsp3) is 0.857. The molecule has 0 bridgehead atoms. The van der Waals surface area contributed by atoms with Crippen molar-refractivity contribution < 1.29 is 25.9 Å². The Balaban J connectivity index is 4.40. The van der Waals surface area contributed by atoms with Gasteiger partial charge >= 0.3 is 0 Å². The first-order valence-electron chi connectivity index (χ1n) is 4.44. The lowest BCUT2D eigenvalue weighted by Crippen LogP contribution is -2.16. The Hall–Kier alpha value is -0.180. The second-order valence-corrected chi connectivity index (χ2v) is 6.25. The van der Waals surface area contributed by atoms with Gasteiger partial charge in [0.1, 0.15) is 5.25 Å². The molecule has 91 valence electrons. The molecule has 0 spiro atoms. The van der Waals surface area contributed by atoms with Gasteiger partial charge in [0.15, 0.2) is 0 Å². The maximum atomic E-state index is 10.8. The predicted molar refractivity (Wildman–Crippen MR) is 55.3 cm³/mol. The number of hydrogen-bond acceptors (Lipinski definition) is 4. The first-order chi connectivity index (χ1) is 6.67. The molecule has 0 unspecified atom stereocenters. The second kappa shape index (κ2) is 5.78. The third-order valence-electron chi connectivity index (χ3n) is 1.81. The van der Waals surface area contributed by atoms with E-state index in [1.807, 2.05) is 6.92 Å². The van der Waals surface area contributed by atoms with Crippen molar-refractivity contribution in [2.75, 3.05) is 5.75 Å². The van der Waals surface area contributed by atoms with E-state index in [1.54, 1.807) is 0 Å². The van der Waals surface area contributed by atoms with Gasteiger partial charge in [-0.25, -0.2) is 0 Å². The maximum absolute atomic E-state index is 10.8. The van der Waals surface area contributed by atoms with E-state index in [1.165, 1.54) is 0 Å². The molecule has 1 radical (unpaired) electrons. The molecule has 0 amide bonds. The van der Waals surface area contributed by atoms with Crippen molar-refractivity contribution in [2.24, 2.45) is 0 Å². The lowest BCUT2D eigenvalue weighted by molar-refractivity contribution is 0.471. The summed E-state index contributed by atoms with van der Waals surface area (Å²) in [4.78, 5) is 0. The summed E-state index contributed by atoms with van der Waals surface area (Å²) in [6, 6.07) is 0. The number of hydrogen-bond donors (Lipinski definition) is 2. The smallest absolute Gasteiger partial charge is 0.272 e. The largest absolute Gasteiger partial charge is 0.286 e. The van der Waals surface area contributed by atoms with E-state index in [4.69, 9.17) is 9.11 Å². The highest BCUT2D eigenvalue weighted by Gasteiger charge is 2.25. The Kier molecular flexibility index (Phi) is 5.71. The van der Waals surface area contributed by atoms with Gasteiger partial charge < -0.3 is 0 Å². The highest BCUT2D eigenvalue weighted by molar-refractivity contribution is 7.89. The van der Waals surface area contributed by atoms with E-state index in [0.29, 0.717) is 6.42 Å². The van der Waals surface area contributed by atoms with Crippen LogP contribution in [-0.4, -0.2) is 31.7 Å². The fourth-order valence-electron chi connectivity index (χ4n) is 1.000. The summed E-state index contributed by atoms with van der Waals surface area (Å²) >= 11 is 0. The van der Waals surface area contributed by atoms with Crippen molar-refractivity contribution in [1.29, 1.82) is 0 Å². The molecule has 0 saturated heterocycles. The second-order valence-electron chi connectivity index (χ2n) is 3.15. The summed E-state index contributed by atoms with van der Waals surface area (Å²) in [6.07, 6.45) is 1.02. The van der Waals surface area contributed by atoms with E-state index >= 15 is 0 Å². The number of unbranched alkanes of at least 4 members (excludes halogenated alkanes) is 1. The molecule has 2 N–H and O–H groups in total. The molecule has 0 aromatic rings. The quantitative estimate of drug-likeness (QED) is 0.657. The molecule has 0 atom stereocenters. The molecule has 0 aliphatic carbocycles. The van der Waals surface area contributed by atoms with Crippen LogP contribution in [0.25, 0.3) is 0 Å². The van der Waals surface area contributed by atoms with E-state index in [0.717, 1.165) is 6.42 Å². The average molecular weight is 259 g/mol. The van der Waals surface area contributed by atoms with E-state index in [2.05, 4.69) is 0 Å². The number of rotatable bonds is 7. The highest BCUT2D eigenvalue weighted by Crippen LogP contribution is 2.21. The molecule has 6 nitrogen and oxygen atoms in total. The van der Waals surface area contributed by atoms with E-state index in [-0.39, 0.29) is 18.1 Å². The van der Waals surface area contributed by atoms with Crippen molar-refractivity contribution >= 4 is 20.2 Å². The summed E-state index contributed by atoms with van der Waals surface area (Å²) in [5.74, 6) is -0.689. The standard InChI is InChI=1S/C7H15O6S2/c1-2-3-4-7(15(11,12)13)5-6-14(8,9)10/h2-6H2,1H3,(H,8,9,10)(H,11,12,13). The molecule has 0 aromatic carbocycles. The Morgan fingerprint density at radius 3 is 1.93 bits per heavy atom. The van der Waals surface area contributed by atoms with Gasteiger partial charge in [0.25, 0.3) is 20.2 Å². The monoisotopic (exact) mass is 259 g/mol. The van der Waals surface area contributed by atoms with Crippen LogP contribution in [0.1, 0.15) is 32.6 Å². The summed E-state index contributed by atoms with van der Waals surface area (Å²) in [5.41, 5.74) is 0. The van der Waals surface area contributed by atoms with Crippen molar-refractivity contribution in [3.63, 3.8) is 0 Å². The first-order valence-corrected chi connectivity index (χ1v) is 7.49. The Morgan fingerprint density at radius 1 is 1.07 bits per heavy atom. The molecule has 0 aromatic heterocycles. The third-order valence-corrected chi connectivity index (χ3v) is 3.67. The Morgan fingerprint density at radius 2 is 1.60 bits per heavy atom. The normalized spacial score (nSPS) is 13.3. The molecule has 0 aliphatic rings. The molecular weight excluding hydrogens is 244 g/mol. The summed E-state index contributed by atoms with van der Waals surface area (Å²) < 4.78 is 59.6. The average Bonchev–Trinajstić information content (AvgIpc) is 1.99. The third kappa shape index (κ3) is 7.71. The van der Waals surface area contributed by atoms with Crippen molar-refractivity contribution in [3.8, 4) is 0 Å². The summed E-state index contributed by atoms with van der Waals surface area (Å²) in [5, 5.41) is -0.248. The topological polar surface area (TPSA) is 109 Å². The van der Waals surface area contributed by atoms with Gasteiger partial charge in [-0.05, 0) is 12.8 Å². The molecule has 0 rings (SSSR count). The van der Waals surface area contributed by atoms with Gasteiger partial charge in [-0.3, -0.25) is 9.11 Å². The van der Waals surface area contributed by atoms with Gasteiger partial charge in [-0.15, -0.1) is 0 Å². The SMILES string of the molecule is CCCC[C](CCS(=O)(=O)O)S(=O)(=O)O. The van der Waals surface area contributed by atoms with Gasteiger partial charge in [-0.1, -0.05) is 19.8 Å². The Bertz CT molecular complexity index is 368. The minimum absolute atomic E-state index is 0.116. The van der Waals surface area contributed by atoms with E-state index in [9.17, 15) is 16.8 Å².